The van der Waals surface area contributed by atoms with Crippen molar-refractivity contribution in [3.05, 3.63) is 114 Å². The fourth-order valence-electron chi connectivity index (χ4n) is 3.79. The van der Waals surface area contributed by atoms with Crippen molar-refractivity contribution < 1.29 is 9.18 Å². The van der Waals surface area contributed by atoms with Crippen LogP contribution in [0.5, 0.6) is 0 Å². The van der Waals surface area contributed by atoms with Gasteiger partial charge in [0.15, 0.2) is 0 Å². The average molecular weight is 464 g/mol. The number of rotatable bonds is 6. The number of nitrogens with one attached hydrogen (secondary N) is 3. The first-order valence-corrected chi connectivity index (χ1v) is 11.1. The van der Waals surface area contributed by atoms with Crippen LogP contribution in [0.3, 0.4) is 0 Å². The van der Waals surface area contributed by atoms with Crippen LogP contribution in [0.15, 0.2) is 97.3 Å². The van der Waals surface area contributed by atoms with E-state index in [0.29, 0.717) is 33.5 Å². The summed E-state index contributed by atoms with van der Waals surface area (Å²) in [6.07, 6.45) is 3.41. The number of benzene rings is 3. The van der Waals surface area contributed by atoms with Gasteiger partial charge in [-0.3, -0.25) is 14.8 Å². The Morgan fingerprint density at radius 3 is 2.34 bits per heavy atom. The van der Waals surface area contributed by atoms with Crippen molar-refractivity contribution in [3.8, 4) is 0 Å². The molecule has 35 heavy (non-hydrogen) atoms. The third kappa shape index (κ3) is 5.25. The summed E-state index contributed by atoms with van der Waals surface area (Å²) in [6.45, 7) is 1.93. The number of hydrogen-bond acceptors (Lipinski definition) is 5. The highest BCUT2D eigenvalue weighted by molar-refractivity contribution is 6.05. The zero-order valence-corrected chi connectivity index (χ0v) is 18.9. The monoisotopic (exact) mass is 463 g/mol. The van der Waals surface area contributed by atoms with Crippen LogP contribution in [0.2, 0.25) is 0 Å². The lowest BCUT2D eigenvalue weighted by Crippen LogP contribution is -2.12. The van der Waals surface area contributed by atoms with E-state index in [4.69, 9.17) is 0 Å². The molecule has 0 bridgehead atoms. The molecule has 0 saturated carbocycles. The Labute approximate surface area is 201 Å². The highest BCUT2D eigenvalue weighted by atomic mass is 19.1. The lowest BCUT2D eigenvalue weighted by Gasteiger charge is -2.12. The van der Waals surface area contributed by atoms with Crippen molar-refractivity contribution >= 4 is 45.2 Å². The van der Waals surface area contributed by atoms with Gasteiger partial charge in [-0.2, -0.15) is 0 Å². The number of aromatic nitrogens is 2. The van der Waals surface area contributed by atoms with Gasteiger partial charge in [0.1, 0.15) is 5.82 Å². The summed E-state index contributed by atoms with van der Waals surface area (Å²) in [6, 6.07) is 24.7. The SMILES string of the molecule is Cc1cc(Nc2cccc(NC(=O)c3cccc(Nc4ccnc5ccc(F)cc45)c3)c2)ccn1. The summed E-state index contributed by atoms with van der Waals surface area (Å²) >= 11 is 0. The first-order chi connectivity index (χ1) is 17.0. The van der Waals surface area contributed by atoms with Gasteiger partial charge >= 0.3 is 0 Å². The third-order valence-corrected chi connectivity index (χ3v) is 5.41. The third-order valence-electron chi connectivity index (χ3n) is 5.41. The minimum Gasteiger partial charge on any atom is -0.355 e. The summed E-state index contributed by atoms with van der Waals surface area (Å²) in [5.41, 5.74) is 5.93. The van der Waals surface area contributed by atoms with E-state index in [0.717, 1.165) is 17.1 Å². The van der Waals surface area contributed by atoms with Crippen molar-refractivity contribution in [2.24, 2.45) is 0 Å². The van der Waals surface area contributed by atoms with E-state index >= 15 is 0 Å². The summed E-state index contributed by atoms with van der Waals surface area (Å²) in [5, 5.41) is 10.2. The Balaban J connectivity index is 1.32. The summed E-state index contributed by atoms with van der Waals surface area (Å²) in [4.78, 5) is 21.4. The van der Waals surface area contributed by atoms with Gasteiger partial charge in [-0.05, 0) is 79.7 Å². The fourth-order valence-corrected chi connectivity index (χ4v) is 3.79. The maximum Gasteiger partial charge on any atom is 0.255 e. The van der Waals surface area contributed by atoms with Crippen molar-refractivity contribution in [2.45, 2.75) is 6.92 Å². The van der Waals surface area contributed by atoms with Gasteiger partial charge in [0, 0.05) is 57.5 Å². The lowest BCUT2D eigenvalue weighted by molar-refractivity contribution is 0.102. The van der Waals surface area contributed by atoms with Crippen LogP contribution in [0.1, 0.15) is 16.1 Å². The second-order valence-electron chi connectivity index (χ2n) is 8.07. The molecule has 0 aliphatic rings. The first-order valence-electron chi connectivity index (χ1n) is 11.1. The molecular formula is C28H22FN5O. The van der Waals surface area contributed by atoms with Crippen molar-refractivity contribution in [1.82, 2.24) is 9.97 Å². The molecule has 0 saturated heterocycles. The lowest BCUT2D eigenvalue weighted by atomic mass is 10.1. The Morgan fingerprint density at radius 1 is 0.743 bits per heavy atom. The highest BCUT2D eigenvalue weighted by Crippen LogP contribution is 2.27. The number of pyridine rings is 2. The topological polar surface area (TPSA) is 78.9 Å². The van der Waals surface area contributed by atoms with E-state index in [1.54, 1.807) is 42.7 Å². The predicted molar refractivity (Wildman–Crippen MR) is 138 cm³/mol. The Kier molecular flexibility index (Phi) is 6.05. The summed E-state index contributed by atoms with van der Waals surface area (Å²) < 4.78 is 13.8. The quantitative estimate of drug-likeness (QED) is 0.258. The molecule has 0 fully saturated rings. The largest absolute Gasteiger partial charge is 0.355 e. The van der Waals surface area contributed by atoms with Gasteiger partial charge in [0.05, 0.1) is 5.52 Å². The molecule has 0 unspecified atom stereocenters. The normalized spacial score (nSPS) is 10.7. The molecule has 0 atom stereocenters. The van der Waals surface area contributed by atoms with Crippen LogP contribution in [-0.4, -0.2) is 15.9 Å². The number of halogens is 1. The second kappa shape index (κ2) is 9.61. The number of fused-ring (bicyclic) bond motifs is 1. The van der Waals surface area contributed by atoms with Crippen LogP contribution in [0, 0.1) is 12.7 Å². The van der Waals surface area contributed by atoms with E-state index in [9.17, 15) is 9.18 Å². The zero-order chi connectivity index (χ0) is 24.2. The number of hydrogen-bond donors (Lipinski definition) is 3. The number of amides is 1. The van der Waals surface area contributed by atoms with Gasteiger partial charge in [-0.1, -0.05) is 12.1 Å². The van der Waals surface area contributed by atoms with Crippen LogP contribution in [-0.2, 0) is 0 Å². The van der Waals surface area contributed by atoms with Gasteiger partial charge in [0.2, 0.25) is 0 Å². The summed E-state index contributed by atoms with van der Waals surface area (Å²) in [5.74, 6) is -0.575. The summed E-state index contributed by atoms with van der Waals surface area (Å²) in [7, 11) is 0. The smallest absolute Gasteiger partial charge is 0.255 e. The number of aryl methyl sites for hydroxylation is 1. The average Bonchev–Trinajstić information content (AvgIpc) is 2.85. The number of carbonyl (C=O) groups excluding carboxylic acids is 1. The standard InChI is InChI=1S/C28H22FN5O/c1-18-14-24(10-12-30-18)32-22-6-3-7-23(17-22)34-28(35)19-4-2-5-21(15-19)33-27-11-13-31-26-9-8-20(29)16-25(26)27/h2-17H,1H3,(H,30,32)(H,31,33)(H,34,35). The minimum absolute atomic E-state index is 0.240. The van der Waals surface area contributed by atoms with Crippen LogP contribution in [0.4, 0.5) is 32.8 Å². The molecule has 0 radical (unpaired) electrons. The Bertz CT molecular complexity index is 1540. The van der Waals surface area contributed by atoms with Gasteiger partial charge in [0.25, 0.3) is 5.91 Å². The molecule has 172 valence electrons. The fraction of sp³-hybridized carbons (Fsp3) is 0.0357. The molecule has 3 N–H and O–H groups in total. The molecule has 0 aliphatic heterocycles. The molecule has 3 aromatic carbocycles. The van der Waals surface area contributed by atoms with Crippen LogP contribution < -0.4 is 16.0 Å². The molecule has 5 aromatic rings. The molecule has 0 aliphatic carbocycles. The Morgan fingerprint density at radius 2 is 1.49 bits per heavy atom. The van der Waals surface area contributed by atoms with E-state index < -0.39 is 0 Å². The maximum absolute atomic E-state index is 13.8. The Hall–Kier alpha value is -4.78. The zero-order valence-electron chi connectivity index (χ0n) is 18.9. The highest BCUT2D eigenvalue weighted by Gasteiger charge is 2.09. The van der Waals surface area contributed by atoms with Crippen molar-refractivity contribution in [3.63, 3.8) is 0 Å². The van der Waals surface area contributed by atoms with Gasteiger partial charge < -0.3 is 16.0 Å². The van der Waals surface area contributed by atoms with E-state index in [2.05, 4.69) is 25.9 Å². The van der Waals surface area contributed by atoms with Gasteiger partial charge in [-0.15, -0.1) is 0 Å². The number of anilines is 5. The van der Waals surface area contributed by atoms with E-state index in [1.807, 2.05) is 49.4 Å². The molecule has 2 heterocycles. The van der Waals surface area contributed by atoms with Gasteiger partial charge in [-0.25, -0.2) is 4.39 Å². The molecule has 6 nitrogen and oxygen atoms in total. The molecular weight excluding hydrogens is 441 g/mol. The molecule has 0 spiro atoms. The first kappa shape index (κ1) is 22.0. The minimum atomic E-state index is -0.336. The molecule has 1 amide bonds. The van der Waals surface area contributed by atoms with E-state index in [-0.39, 0.29) is 11.7 Å². The van der Waals surface area contributed by atoms with Crippen molar-refractivity contribution in [2.75, 3.05) is 16.0 Å². The molecule has 5 rings (SSSR count). The number of nitrogens with zero attached hydrogens (tertiary/aromatic N) is 2. The van der Waals surface area contributed by atoms with Crippen molar-refractivity contribution in [1.29, 1.82) is 0 Å². The molecule has 2 aromatic heterocycles. The predicted octanol–water partition coefficient (Wildman–Crippen LogP) is 6.82. The number of carbonyl (C=O) groups is 1. The van der Waals surface area contributed by atoms with E-state index in [1.165, 1.54) is 12.1 Å². The maximum atomic E-state index is 13.8. The van der Waals surface area contributed by atoms with Crippen LogP contribution in [0.25, 0.3) is 10.9 Å². The van der Waals surface area contributed by atoms with Crippen LogP contribution >= 0.6 is 0 Å². The molecule has 7 heteroatoms. The second-order valence-corrected chi connectivity index (χ2v) is 8.07.